The fraction of sp³-hybridized carbons (Fsp3) is 0.200. The van der Waals surface area contributed by atoms with Gasteiger partial charge in [-0.1, -0.05) is 35.3 Å². The monoisotopic (exact) mass is 327 g/mol. The van der Waals surface area contributed by atoms with Gasteiger partial charge >= 0.3 is 0 Å². The van der Waals surface area contributed by atoms with Crippen molar-refractivity contribution in [3.63, 3.8) is 0 Å². The van der Waals surface area contributed by atoms with Crippen molar-refractivity contribution in [3.05, 3.63) is 45.9 Å². The van der Waals surface area contributed by atoms with Crippen molar-refractivity contribution in [1.29, 1.82) is 0 Å². The minimum atomic E-state index is -0.148. The average Bonchev–Trinajstić information content (AvgIpc) is 2.45. The molecule has 0 saturated heterocycles. The van der Waals surface area contributed by atoms with Crippen LogP contribution in [-0.4, -0.2) is 16.8 Å². The number of para-hydroxylation sites is 1. The van der Waals surface area contributed by atoms with Gasteiger partial charge in [0.15, 0.2) is 17.2 Å². The summed E-state index contributed by atoms with van der Waals surface area (Å²) in [6.45, 7) is 2.70. The lowest BCUT2D eigenvalue weighted by Crippen LogP contribution is -2.01. The first-order chi connectivity index (χ1) is 10.0. The zero-order valence-corrected chi connectivity index (χ0v) is 12.9. The second-order valence-corrected chi connectivity index (χ2v) is 5.15. The van der Waals surface area contributed by atoms with Crippen LogP contribution in [0.25, 0.3) is 0 Å². The molecule has 0 aliphatic carbocycles. The van der Waals surface area contributed by atoms with Crippen molar-refractivity contribution in [2.24, 2.45) is 0 Å². The van der Waals surface area contributed by atoms with Crippen LogP contribution in [0.3, 0.4) is 0 Å². The zero-order valence-electron chi connectivity index (χ0n) is 11.4. The number of hydrogen-bond donors (Lipinski definition) is 3. The van der Waals surface area contributed by atoms with E-state index in [-0.39, 0.29) is 21.5 Å². The second-order valence-electron chi connectivity index (χ2n) is 4.34. The number of phenolic OH excluding ortho intramolecular Hbond substituents is 2. The van der Waals surface area contributed by atoms with Crippen LogP contribution in [0.5, 0.6) is 17.2 Å². The summed E-state index contributed by atoms with van der Waals surface area (Å²) < 4.78 is 5.33. The van der Waals surface area contributed by atoms with Crippen LogP contribution in [0.15, 0.2) is 30.3 Å². The summed E-state index contributed by atoms with van der Waals surface area (Å²) in [4.78, 5) is 0. The highest BCUT2D eigenvalue weighted by Gasteiger charge is 2.09. The van der Waals surface area contributed by atoms with E-state index in [0.29, 0.717) is 30.2 Å². The molecule has 0 radical (unpaired) electrons. The van der Waals surface area contributed by atoms with Gasteiger partial charge in [-0.25, -0.2) is 0 Å². The van der Waals surface area contributed by atoms with E-state index in [1.807, 2.05) is 6.92 Å². The number of halogens is 2. The van der Waals surface area contributed by atoms with Crippen molar-refractivity contribution in [2.75, 3.05) is 11.9 Å². The van der Waals surface area contributed by atoms with Crippen LogP contribution >= 0.6 is 23.2 Å². The van der Waals surface area contributed by atoms with Gasteiger partial charge in [-0.3, -0.25) is 0 Å². The van der Waals surface area contributed by atoms with Gasteiger partial charge in [-0.05, 0) is 25.1 Å². The zero-order chi connectivity index (χ0) is 15.4. The topological polar surface area (TPSA) is 61.7 Å². The van der Waals surface area contributed by atoms with E-state index in [1.165, 1.54) is 0 Å². The smallest absolute Gasteiger partial charge is 0.162 e. The van der Waals surface area contributed by atoms with E-state index in [0.717, 1.165) is 0 Å². The van der Waals surface area contributed by atoms with Crippen LogP contribution in [-0.2, 0) is 6.54 Å². The maximum Gasteiger partial charge on any atom is 0.162 e. The molecule has 0 fully saturated rings. The third kappa shape index (κ3) is 3.65. The lowest BCUT2D eigenvalue weighted by molar-refractivity contribution is 0.317. The largest absolute Gasteiger partial charge is 0.505 e. The molecule has 2 rings (SSSR count). The van der Waals surface area contributed by atoms with Crippen LogP contribution in [0.4, 0.5) is 5.69 Å². The van der Waals surface area contributed by atoms with Gasteiger partial charge in [0.2, 0.25) is 0 Å². The van der Waals surface area contributed by atoms with Gasteiger partial charge in [0.25, 0.3) is 0 Å². The van der Waals surface area contributed by atoms with Crippen LogP contribution < -0.4 is 10.1 Å². The highest BCUT2D eigenvalue weighted by molar-refractivity contribution is 6.37. The molecule has 0 unspecified atom stereocenters. The molecular formula is C15H15Cl2NO3. The van der Waals surface area contributed by atoms with E-state index in [1.54, 1.807) is 30.3 Å². The van der Waals surface area contributed by atoms with Crippen molar-refractivity contribution in [3.8, 4) is 17.2 Å². The number of nitrogens with one attached hydrogen (secondary N) is 1. The molecule has 0 heterocycles. The molecule has 3 N–H and O–H groups in total. The Morgan fingerprint density at radius 2 is 1.76 bits per heavy atom. The van der Waals surface area contributed by atoms with Gasteiger partial charge in [0.1, 0.15) is 0 Å². The Morgan fingerprint density at radius 3 is 2.38 bits per heavy atom. The van der Waals surface area contributed by atoms with Crippen molar-refractivity contribution >= 4 is 28.9 Å². The summed E-state index contributed by atoms with van der Waals surface area (Å²) in [5.74, 6) is 0.395. The predicted molar refractivity (Wildman–Crippen MR) is 84.7 cm³/mol. The summed E-state index contributed by atoms with van der Waals surface area (Å²) in [5.41, 5.74) is 1.32. The van der Waals surface area contributed by atoms with Crippen molar-refractivity contribution in [1.82, 2.24) is 0 Å². The third-order valence-electron chi connectivity index (χ3n) is 2.88. The predicted octanol–water partition coefficient (Wildman–Crippen LogP) is 4.42. The first-order valence-corrected chi connectivity index (χ1v) is 7.14. The molecule has 0 aliphatic heterocycles. The molecule has 112 valence electrons. The maximum absolute atomic E-state index is 10.1. The van der Waals surface area contributed by atoms with E-state index in [9.17, 15) is 10.2 Å². The maximum atomic E-state index is 10.1. The summed E-state index contributed by atoms with van der Waals surface area (Å²) in [6, 6.07) is 8.42. The summed E-state index contributed by atoms with van der Waals surface area (Å²) >= 11 is 11.7. The highest BCUT2D eigenvalue weighted by atomic mass is 35.5. The summed E-state index contributed by atoms with van der Waals surface area (Å²) in [7, 11) is 0. The molecule has 0 saturated carbocycles. The van der Waals surface area contributed by atoms with E-state index < -0.39 is 0 Å². The number of phenols is 2. The number of ether oxygens (including phenoxy) is 1. The number of hydrogen-bond acceptors (Lipinski definition) is 4. The number of aromatic hydroxyl groups is 2. The molecule has 2 aromatic carbocycles. The Kier molecular flexibility index (Phi) is 5.04. The molecule has 0 aliphatic rings. The molecule has 6 heteroatoms. The summed E-state index contributed by atoms with van der Waals surface area (Å²) in [6.07, 6.45) is 0. The fourth-order valence-corrected chi connectivity index (χ4v) is 2.33. The van der Waals surface area contributed by atoms with Gasteiger partial charge in [-0.15, -0.1) is 0 Å². The van der Waals surface area contributed by atoms with Gasteiger partial charge in [0, 0.05) is 17.8 Å². The fourth-order valence-electron chi connectivity index (χ4n) is 1.85. The molecular weight excluding hydrogens is 313 g/mol. The number of benzene rings is 2. The molecule has 0 aromatic heterocycles. The van der Waals surface area contributed by atoms with Crippen LogP contribution in [0.2, 0.25) is 10.0 Å². The third-order valence-corrected chi connectivity index (χ3v) is 3.46. The molecule has 0 atom stereocenters. The lowest BCUT2D eigenvalue weighted by atomic mass is 10.1. The van der Waals surface area contributed by atoms with Crippen molar-refractivity contribution < 1.29 is 14.9 Å². The number of rotatable bonds is 5. The number of anilines is 1. The Bertz CT molecular complexity index is 624. The van der Waals surface area contributed by atoms with Crippen molar-refractivity contribution in [2.45, 2.75) is 13.5 Å². The Hall–Kier alpha value is -1.78. The Labute approximate surface area is 132 Å². The van der Waals surface area contributed by atoms with Gasteiger partial charge < -0.3 is 20.3 Å². The molecule has 0 bridgehead atoms. The normalized spacial score (nSPS) is 10.4. The minimum absolute atomic E-state index is 0.0998. The highest BCUT2D eigenvalue weighted by Crippen LogP contribution is 2.35. The van der Waals surface area contributed by atoms with E-state index in [2.05, 4.69) is 5.32 Å². The SMILES string of the molecule is CCOc1cccc(CNc2cc(Cl)c(O)c(Cl)c2)c1O. The van der Waals surface area contributed by atoms with Crippen LogP contribution in [0.1, 0.15) is 12.5 Å². The first kappa shape index (κ1) is 15.6. The average molecular weight is 328 g/mol. The molecule has 2 aromatic rings. The van der Waals surface area contributed by atoms with Crippen LogP contribution in [0, 0.1) is 0 Å². The minimum Gasteiger partial charge on any atom is -0.505 e. The van der Waals surface area contributed by atoms with E-state index in [4.69, 9.17) is 27.9 Å². The van der Waals surface area contributed by atoms with Gasteiger partial charge in [0.05, 0.1) is 16.7 Å². The molecule has 0 spiro atoms. The van der Waals surface area contributed by atoms with E-state index >= 15 is 0 Å². The Balaban J connectivity index is 2.15. The molecule has 4 nitrogen and oxygen atoms in total. The Morgan fingerprint density at radius 1 is 1.10 bits per heavy atom. The first-order valence-electron chi connectivity index (χ1n) is 6.38. The summed E-state index contributed by atoms with van der Waals surface area (Å²) in [5, 5.41) is 23.0. The second kappa shape index (κ2) is 6.78. The lowest BCUT2D eigenvalue weighted by Gasteiger charge is -2.12. The van der Waals surface area contributed by atoms with Gasteiger partial charge in [-0.2, -0.15) is 0 Å². The standard InChI is InChI=1S/C15H15Cl2NO3/c1-2-21-13-5-3-4-9(14(13)19)8-18-10-6-11(16)15(20)12(17)7-10/h3-7,18-20H,2,8H2,1H3. The molecule has 0 amide bonds. The quantitative estimate of drug-likeness (QED) is 0.711. The molecule has 21 heavy (non-hydrogen) atoms.